The predicted molar refractivity (Wildman–Crippen MR) is 161 cm³/mol. The molecule has 0 aliphatic carbocycles. The second-order valence-corrected chi connectivity index (χ2v) is 10.6. The van der Waals surface area contributed by atoms with E-state index in [1.165, 1.54) is 43.5 Å². The summed E-state index contributed by atoms with van der Waals surface area (Å²) in [5.74, 6) is -2.81. The van der Waals surface area contributed by atoms with Gasteiger partial charge < -0.3 is 14.2 Å². The molecule has 5 nitrogen and oxygen atoms in total. The highest BCUT2D eigenvalue weighted by atomic mass is 19.1. The fourth-order valence-electron chi connectivity index (χ4n) is 4.55. The number of halogens is 2. The molecule has 1 atom stereocenters. The summed E-state index contributed by atoms with van der Waals surface area (Å²) in [5.41, 5.74) is 0.810. The van der Waals surface area contributed by atoms with Gasteiger partial charge in [-0.1, -0.05) is 77.0 Å². The van der Waals surface area contributed by atoms with Crippen LogP contribution >= 0.6 is 0 Å². The highest BCUT2D eigenvalue weighted by Crippen LogP contribution is 2.26. The van der Waals surface area contributed by atoms with Crippen LogP contribution in [0.1, 0.15) is 106 Å². The van der Waals surface area contributed by atoms with Gasteiger partial charge >= 0.3 is 11.9 Å². The van der Waals surface area contributed by atoms with Gasteiger partial charge in [-0.2, -0.15) is 0 Å². The summed E-state index contributed by atoms with van der Waals surface area (Å²) in [7, 11) is 0. The molecule has 0 amide bonds. The molecule has 0 saturated carbocycles. The third-order valence-electron chi connectivity index (χ3n) is 7.04. The molecule has 0 radical (unpaired) electrons. The first-order chi connectivity index (χ1) is 20.3. The lowest BCUT2D eigenvalue weighted by Gasteiger charge is -2.14. The van der Waals surface area contributed by atoms with Crippen LogP contribution in [0, 0.1) is 11.6 Å². The van der Waals surface area contributed by atoms with Crippen LogP contribution in [-0.4, -0.2) is 24.6 Å². The molecule has 0 aliphatic heterocycles. The maximum absolute atomic E-state index is 14.9. The fourth-order valence-corrected chi connectivity index (χ4v) is 4.55. The van der Waals surface area contributed by atoms with Gasteiger partial charge in [-0.05, 0) is 73.7 Å². The fraction of sp³-hybridized carbons (Fsp3) is 0.429. The topological polar surface area (TPSA) is 61.8 Å². The highest BCUT2D eigenvalue weighted by molar-refractivity contribution is 5.93. The molecule has 3 rings (SSSR count). The van der Waals surface area contributed by atoms with Gasteiger partial charge in [0, 0.05) is 6.07 Å². The number of hydrogen-bond donors (Lipinski definition) is 0. The van der Waals surface area contributed by atoms with Crippen LogP contribution in [-0.2, 0) is 4.74 Å². The first-order valence-corrected chi connectivity index (χ1v) is 15.1. The van der Waals surface area contributed by atoms with Crippen molar-refractivity contribution in [1.82, 2.24) is 0 Å². The first-order valence-electron chi connectivity index (χ1n) is 15.1. The third-order valence-corrected chi connectivity index (χ3v) is 7.04. The normalized spacial score (nSPS) is 11.6. The largest absolute Gasteiger partial charge is 0.494 e. The van der Waals surface area contributed by atoms with E-state index in [-0.39, 0.29) is 23.0 Å². The SMILES string of the molecule is CCCCCCCOc1ccc(-c2ccc(C(=O)Oc3ccc(C(=O)O[C@H](C)CCCCCC)c(F)c3)c(F)c2)cc1. The molecule has 0 bridgehead atoms. The van der Waals surface area contributed by atoms with Crippen LogP contribution in [0.4, 0.5) is 8.78 Å². The lowest BCUT2D eigenvalue weighted by atomic mass is 10.0. The number of benzene rings is 3. The number of unbranched alkanes of at least 4 members (excludes halogenated alkanes) is 7. The van der Waals surface area contributed by atoms with Crippen LogP contribution in [0.3, 0.4) is 0 Å². The molecule has 7 heteroatoms. The van der Waals surface area contributed by atoms with E-state index >= 15 is 0 Å². The molecule has 0 fully saturated rings. The molecular weight excluding hydrogens is 538 g/mol. The predicted octanol–water partition coefficient (Wildman–Crippen LogP) is 9.72. The zero-order chi connectivity index (χ0) is 30.3. The molecule has 0 N–H and O–H groups in total. The van der Waals surface area contributed by atoms with E-state index in [1.807, 2.05) is 24.3 Å². The van der Waals surface area contributed by atoms with Crippen molar-refractivity contribution < 1.29 is 32.6 Å². The Bertz CT molecular complexity index is 1290. The molecule has 0 spiro atoms. The van der Waals surface area contributed by atoms with Crippen LogP contribution in [0.25, 0.3) is 11.1 Å². The Kier molecular flexibility index (Phi) is 13.5. The van der Waals surface area contributed by atoms with Crippen LogP contribution < -0.4 is 9.47 Å². The summed E-state index contributed by atoms with van der Waals surface area (Å²) < 4.78 is 45.9. The van der Waals surface area contributed by atoms with Crippen molar-refractivity contribution in [3.05, 3.63) is 83.4 Å². The Labute approximate surface area is 248 Å². The quantitative estimate of drug-likeness (QED) is 0.0904. The number of ether oxygens (including phenoxy) is 3. The van der Waals surface area contributed by atoms with Gasteiger partial charge in [0.05, 0.1) is 23.8 Å². The second-order valence-electron chi connectivity index (χ2n) is 10.6. The zero-order valence-corrected chi connectivity index (χ0v) is 24.9. The number of esters is 2. The van der Waals surface area contributed by atoms with Crippen LogP contribution in [0.15, 0.2) is 60.7 Å². The zero-order valence-electron chi connectivity index (χ0n) is 24.9. The van der Waals surface area contributed by atoms with Gasteiger partial charge in [0.25, 0.3) is 0 Å². The second kappa shape index (κ2) is 17.3. The van der Waals surface area contributed by atoms with E-state index < -0.39 is 23.6 Å². The molecule has 0 heterocycles. The van der Waals surface area contributed by atoms with Crippen molar-refractivity contribution in [2.75, 3.05) is 6.61 Å². The summed E-state index contributed by atoms with van der Waals surface area (Å²) in [6, 6.07) is 14.9. The molecule has 0 saturated heterocycles. The van der Waals surface area contributed by atoms with E-state index in [2.05, 4.69) is 13.8 Å². The van der Waals surface area contributed by atoms with E-state index in [0.29, 0.717) is 18.6 Å². The Balaban J connectivity index is 1.55. The summed E-state index contributed by atoms with van der Waals surface area (Å²) in [6.07, 6.45) is 10.4. The first kappa shape index (κ1) is 32.8. The molecule has 0 aromatic heterocycles. The molecule has 0 aliphatic rings. The van der Waals surface area contributed by atoms with E-state index in [4.69, 9.17) is 14.2 Å². The Morgan fingerprint density at radius 3 is 1.90 bits per heavy atom. The van der Waals surface area contributed by atoms with Crippen LogP contribution in [0.2, 0.25) is 0 Å². The van der Waals surface area contributed by atoms with E-state index in [0.717, 1.165) is 55.9 Å². The number of rotatable bonds is 17. The molecule has 0 unspecified atom stereocenters. The van der Waals surface area contributed by atoms with Crippen molar-refractivity contribution in [2.24, 2.45) is 0 Å². The monoisotopic (exact) mass is 580 g/mol. The third kappa shape index (κ3) is 10.3. The highest BCUT2D eigenvalue weighted by Gasteiger charge is 2.20. The van der Waals surface area contributed by atoms with Crippen LogP contribution in [0.5, 0.6) is 11.5 Å². The Morgan fingerprint density at radius 1 is 0.667 bits per heavy atom. The van der Waals surface area contributed by atoms with Crippen molar-refractivity contribution in [3.63, 3.8) is 0 Å². The van der Waals surface area contributed by atoms with Gasteiger partial charge in [-0.15, -0.1) is 0 Å². The standard InChI is InChI=1S/C35H42F2O5/c1-4-6-8-10-12-22-40-28-17-14-26(15-18-28)27-16-20-30(32(36)23-27)35(39)42-29-19-21-31(33(37)24-29)34(38)41-25(3)13-11-9-7-5-2/h14-21,23-25H,4-13,22H2,1-3H3/t25-/m1/s1. The summed E-state index contributed by atoms with van der Waals surface area (Å²) in [4.78, 5) is 25.0. The van der Waals surface area contributed by atoms with Crippen molar-refractivity contribution in [1.29, 1.82) is 0 Å². The molecule has 3 aromatic rings. The van der Waals surface area contributed by atoms with Gasteiger partial charge in [-0.3, -0.25) is 0 Å². The molecule has 226 valence electrons. The summed E-state index contributed by atoms with van der Waals surface area (Å²) in [5, 5.41) is 0. The summed E-state index contributed by atoms with van der Waals surface area (Å²) >= 11 is 0. The van der Waals surface area contributed by atoms with E-state index in [9.17, 15) is 18.4 Å². The number of carbonyl (C=O) groups is 2. The van der Waals surface area contributed by atoms with Gasteiger partial charge in [0.1, 0.15) is 23.1 Å². The molecule has 3 aromatic carbocycles. The Hall–Kier alpha value is -3.74. The van der Waals surface area contributed by atoms with Crippen molar-refractivity contribution in [2.45, 2.75) is 91.1 Å². The van der Waals surface area contributed by atoms with Gasteiger partial charge in [0.15, 0.2) is 0 Å². The maximum atomic E-state index is 14.9. The average molecular weight is 581 g/mol. The summed E-state index contributed by atoms with van der Waals surface area (Å²) in [6.45, 7) is 6.74. The van der Waals surface area contributed by atoms with Crippen molar-refractivity contribution >= 4 is 11.9 Å². The molecule has 42 heavy (non-hydrogen) atoms. The smallest absolute Gasteiger partial charge is 0.346 e. The van der Waals surface area contributed by atoms with Gasteiger partial charge in [0.2, 0.25) is 0 Å². The van der Waals surface area contributed by atoms with Crippen molar-refractivity contribution in [3.8, 4) is 22.6 Å². The average Bonchev–Trinajstić information content (AvgIpc) is 2.97. The van der Waals surface area contributed by atoms with E-state index in [1.54, 1.807) is 13.0 Å². The minimum atomic E-state index is -0.975. The van der Waals surface area contributed by atoms with Gasteiger partial charge in [-0.25, -0.2) is 18.4 Å². The molecular formula is C35H42F2O5. The minimum Gasteiger partial charge on any atom is -0.494 e. The Morgan fingerprint density at radius 2 is 1.24 bits per heavy atom. The lowest BCUT2D eigenvalue weighted by Crippen LogP contribution is -2.16. The maximum Gasteiger partial charge on any atom is 0.346 e. The minimum absolute atomic E-state index is 0.147. The number of carbonyl (C=O) groups excluding carboxylic acids is 2. The number of hydrogen-bond acceptors (Lipinski definition) is 5. The lowest BCUT2D eigenvalue weighted by molar-refractivity contribution is 0.0314.